The summed E-state index contributed by atoms with van der Waals surface area (Å²) in [6.07, 6.45) is 2.23. The first-order valence-corrected chi connectivity index (χ1v) is 8.13. The standard InChI is InChI=1S/C18H20ClN3O3/c1-13-10-16(6-7-17(13)19)25-9-3-8-24-15-5-2-4-14(11-15)12-21-22-18(20)23/h2,4-7,10-12H,3,8-9H2,1H3,(H3,20,22,23)/b21-12-. The average molecular weight is 362 g/mol. The third-order valence-electron chi connectivity index (χ3n) is 3.20. The molecular formula is C18H20ClN3O3. The van der Waals surface area contributed by atoms with Crippen molar-refractivity contribution in [3.05, 3.63) is 58.6 Å². The van der Waals surface area contributed by atoms with Crippen LogP contribution in [0, 0.1) is 6.92 Å². The van der Waals surface area contributed by atoms with Gasteiger partial charge in [0.25, 0.3) is 0 Å². The molecule has 0 aromatic heterocycles. The van der Waals surface area contributed by atoms with E-state index in [9.17, 15) is 4.79 Å². The van der Waals surface area contributed by atoms with Crippen LogP contribution in [0.4, 0.5) is 4.79 Å². The first-order valence-electron chi connectivity index (χ1n) is 7.75. The maximum absolute atomic E-state index is 10.6. The number of halogens is 1. The first-order chi connectivity index (χ1) is 12.0. The second-order valence-electron chi connectivity index (χ2n) is 5.27. The molecule has 3 N–H and O–H groups in total. The Morgan fingerprint density at radius 3 is 2.60 bits per heavy atom. The van der Waals surface area contributed by atoms with Crippen LogP contribution in [-0.4, -0.2) is 25.5 Å². The smallest absolute Gasteiger partial charge is 0.332 e. The Morgan fingerprint density at radius 1 is 1.20 bits per heavy atom. The molecule has 0 heterocycles. The van der Waals surface area contributed by atoms with Crippen molar-refractivity contribution in [2.75, 3.05) is 13.2 Å². The maximum Gasteiger partial charge on any atom is 0.332 e. The van der Waals surface area contributed by atoms with E-state index in [0.717, 1.165) is 28.3 Å². The number of carbonyl (C=O) groups is 1. The number of ether oxygens (including phenoxy) is 2. The van der Waals surface area contributed by atoms with Crippen molar-refractivity contribution in [1.29, 1.82) is 0 Å². The van der Waals surface area contributed by atoms with Gasteiger partial charge in [-0.15, -0.1) is 0 Å². The van der Waals surface area contributed by atoms with Gasteiger partial charge in [-0.05, 0) is 48.4 Å². The van der Waals surface area contributed by atoms with Gasteiger partial charge in [-0.2, -0.15) is 5.10 Å². The number of aryl methyl sites for hydroxylation is 1. The molecule has 0 unspecified atom stereocenters. The van der Waals surface area contributed by atoms with Gasteiger partial charge in [0.2, 0.25) is 0 Å². The molecule has 0 bridgehead atoms. The number of primary amides is 1. The quantitative estimate of drug-likeness (QED) is 0.428. The summed E-state index contributed by atoms with van der Waals surface area (Å²) in [6, 6.07) is 12.2. The highest BCUT2D eigenvalue weighted by Gasteiger charge is 2.00. The van der Waals surface area contributed by atoms with E-state index in [-0.39, 0.29) is 0 Å². The fraction of sp³-hybridized carbons (Fsp3) is 0.222. The van der Waals surface area contributed by atoms with Crippen LogP contribution in [0.3, 0.4) is 0 Å². The number of carbonyl (C=O) groups excluding carboxylic acids is 1. The number of hydrogen-bond donors (Lipinski definition) is 2. The lowest BCUT2D eigenvalue weighted by atomic mass is 10.2. The number of nitrogens with zero attached hydrogens (tertiary/aromatic N) is 1. The van der Waals surface area contributed by atoms with E-state index in [4.69, 9.17) is 26.8 Å². The van der Waals surface area contributed by atoms with Gasteiger partial charge in [-0.3, -0.25) is 0 Å². The number of amides is 2. The van der Waals surface area contributed by atoms with Crippen LogP contribution in [0.2, 0.25) is 5.02 Å². The molecule has 0 spiro atoms. The van der Waals surface area contributed by atoms with Crippen molar-refractivity contribution >= 4 is 23.8 Å². The molecule has 0 saturated carbocycles. The van der Waals surface area contributed by atoms with Gasteiger partial charge in [0, 0.05) is 11.4 Å². The topological polar surface area (TPSA) is 85.9 Å². The Labute approximate surface area is 151 Å². The maximum atomic E-state index is 10.6. The lowest BCUT2D eigenvalue weighted by Crippen LogP contribution is -2.24. The van der Waals surface area contributed by atoms with E-state index in [1.54, 1.807) is 0 Å². The van der Waals surface area contributed by atoms with Gasteiger partial charge < -0.3 is 15.2 Å². The van der Waals surface area contributed by atoms with E-state index in [0.29, 0.717) is 19.0 Å². The van der Waals surface area contributed by atoms with Gasteiger partial charge in [0.1, 0.15) is 11.5 Å². The minimum Gasteiger partial charge on any atom is -0.493 e. The number of hydrazone groups is 1. The van der Waals surface area contributed by atoms with Crippen molar-refractivity contribution in [2.24, 2.45) is 10.8 Å². The van der Waals surface area contributed by atoms with Crippen molar-refractivity contribution in [1.82, 2.24) is 5.43 Å². The number of rotatable bonds is 8. The van der Waals surface area contributed by atoms with Gasteiger partial charge in [-0.25, -0.2) is 10.2 Å². The SMILES string of the molecule is Cc1cc(OCCCOc2cccc(/C=N\NC(N)=O)c2)ccc1Cl. The summed E-state index contributed by atoms with van der Waals surface area (Å²) in [7, 11) is 0. The minimum absolute atomic E-state index is 0.521. The summed E-state index contributed by atoms with van der Waals surface area (Å²) in [5.74, 6) is 1.51. The minimum atomic E-state index is -0.709. The summed E-state index contributed by atoms with van der Waals surface area (Å²) in [4.78, 5) is 10.6. The molecule has 0 aliphatic heterocycles. The van der Waals surface area contributed by atoms with Crippen molar-refractivity contribution in [3.8, 4) is 11.5 Å². The molecule has 0 aliphatic carbocycles. The number of hydrogen-bond acceptors (Lipinski definition) is 4. The Morgan fingerprint density at radius 2 is 1.92 bits per heavy atom. The van der Waals surface area contributed by atoms with E-state index in [2.05, 4.69) is 10.5 Å². The fourth-order valence-corrected chi connectivity index (χ4v) is 2.12. The highest BCUT2D eigenvalue weighted by Crippen LogP contribution is 2.21. The van der Waals surface area contributed by atoms with Crippen LogP contribution in [0.1, 0.15) is 17.5 Å². The molecule has 2 aromatic carbocycles. The van der Waals surface area contributed by atoms with E-state index in [1.807, 2.05) is 49.4 Å². The summed E-state index contributed by atoms with van der Waals surface area (Å²) >= 11 is 5.98. The predicted molar refractivity (Wildman–Crippen MR) is 98.6 cm³/mol. The van der Waals surface area contributed by atoms with Gasteiger partial charge in [0.15, 0.2) is 0 Å². The number of nitrogens with one attached hydrogen (secondary N) is 1. The monoisotopic (exact) mass is 361 g/mol. The Hall–Kier alpha value is -2.73. The molecule has 132 valence electrons. The largest absolute Gasteiger partial charge is 0.493 e. The van der Waals surface area contributed by atoms with Crippen LogP contribution in [-0.2, 0) is 0 Å². The first kappa shape index (κ1) is 18.6. The van der Waals surface area contributed by atoms with Crippen LogP contribution in [0.25, 0.3) is 0 Å². The Balaban J connectivity index is 1.73. The van der Waals surface area contributed by atoms with Crippen LogP contribution in [0.5, 0.6) is 11.5 Å². The third kappa shape index (κ3) is 6.73. The predicted octanol–water partition coefficient (Wildman–Crippen LogP) is 3.50. The van der Waals surface area contributed by atoms with Gasteiger partial charge in [0.05, 0.1) is 19.4 Å². The zero-order valence-corrected chi connectivity index (χ0v) is 14.6. The highest BCUT2D eigenvalue weighted by molar-refractivity contribution is 6.31. The van der Waals surface area contributed by atoms with E-state index < -0.39 is 6.03 Å². The number of nitrogens with two attached hydrogens (primary N) is 1. The van der Waals surface area contributed by atoms with Crippen LogP contribution >= 0.6 is 11.6 Å². The van der Waals surface area contributed by atoms with Crippen molar-refractivity contribution in [2.45, 2.75) is 13.3 Å². The van der Waals surface area contributed by atoms with Crippen molar-refractivity contribution in [3.63, 3.8) is 0 Å². The summed E-state index contributed by atoms with van der Waals surface area (Å²) in [6.45, 7) is 3.00. The summed E-state index contributed by atoms with van der Waals surface area (Å²) in [5, 5.41) is 4.43. The molecule has 0 atom stereocenters. The van der Waals surface area contributed by atoms with Crippen LogP contribution in [0.15, 0.2) is 47.6 Å². The van der Waals surface area contributed by atoms with Gasteiger partial charge >= 0.3 is 6.03 Å². The lowest BCUT2D eigenvalue weighted by Gasteiger charge is -2.09. The molecule has 0 fully saturated rings. The zero-order chi connectivity index (χ0) is 18.1. The molecule has 2 aromatic rings. The molecule has 0 aliphatic rings. The Kier molecular flexibility index (Phi) is 7.10. The van der Waals surface area contributed by atoms with Gasteiger partial charge in [-0.1, -0.05) is 23.7 Å². The molecule has 0 saturated heterocycles. The van der Waals surface area contributed by atoms with Crippen LogP contribution < -0.4 is 20.6 Å². The number of urea groups is 1. The van der Waals surface area contributed by atoms with E-state index >= 15 is 0 Å². The van der Waals surface area contributed by atoms with E-state index in [1.165, 1.54) is 6.21 Å². The molecule has 2 amide bonds. The molecule has 6 nitrogen and oxygen atoms in total. The summed E-state index contributed by atoms with van der Waals surface area (Å²) < 4.78 is 11.3. The third-order valence-corrected chi connectivity index (χ3v) is 3.63. The summed E-state index contributed by atoms with van der Waals surface area (Å²) in [5.41, 5.74) is 8.85. The molecule has 0 radical (unpaired) electrons. The average Bonchev–Trinajstić information content (AvgIpc) is 2.58. The second-order valence-corrected chi connectivity index (χ2v) is 5.68. The second kappa shape index (κ2) is 9.54. The fourth-order valence-electron chi connectivity index (χ4n) is 2.00. The van der Waals surface area contributed by atoms with Crippen molar-refractivity contribution < 1.29 is 14.3 Å². The highest BCUT2D eigenvalue weighted by atomic mass is 35.5. The molecular weight excluding hydrogens is 342 g/mol. The Bertz CT molecular complexity index is 750. The zero-order valence-electron chi connectivity index (χ0n) is 13.9. The molecule has 7 heteroatoms. The lowest BCUT2D eigenvalue weighted by molar-refractivity contribution is 0.247. The molecule has 2 rings (SSSR count). The number of benzene rings is 2. The molecule has 25 heavy (non-hydrogen) atoms. The normalized spacial score (nSPS) is 10.6.